The largest absolute Gasteiger partial charge is 0.299 e. The summed E-state index contributed by atoms with van der Waals surface area (Å²) in [6, 6.07) is 2.20. The molecule has 1 rings (SSSR count). The molecule has 0 aromatic rings. The highest BCUT2D eigenvalue weighted by Crippen LogP contribution is 2.18. The van der Waals surface area contributed by atoms with E-state index < -0.39 is 0 Å². The van der Waals surface area contributed by atoms with Crippen molar-refractivity contribution >= 4 is 0 Å². The van der Waals surface area contributed by atoms with Gasteiger partial charge in [-0.2, -0.15) is 5.26 Å². The number of nitriles is 1. The van der Waals surface area contributed by atoms with Crippen LogP contribution in [0.3, 0.4) is 0 Å². The molecule has 3 nitrogen and oxygen atoms in total. The maximum absolute atomic E-state index is 8.49. The van der Waals surface area contributed by atoms with E-state index in [9.17, 15) is 0 Å². The van der Waals surface area contributed by atoms with E-state index in [0.717, 1.165) is 26.2 Å². The summed E-state index contributed by atoms with van der Waals surface area (Å²) >= 11 is 0. The molecule has 0 unspecified atom stereocenters. The molecule has 1 aliphatic rings. The van der Waals surface area contributed by atoms with Gasteiger partial charge >= 0.3 is 0 Å². The van der Waals surface area contributed by atoms with Crippen LogP contribution in [0.4, 0.5) is 0 Å². The summed E-state index contributed by atoms with van der Waals surface area (Å²) < 4.78 is 0. The topological polar surface area (TPSA) is 30.3 Å². The van der Waals surface area contributed by atoms with Crippen LogP contribution in [0.2, 0.25) is 0 Å². The molecule has 0 aromatic heterocycles. The lowest BCUT2D eigenvalue weighted by Crippen LogP contribution is -2.57. The molecular weight excluding hydrogens is 162 g/mol. The zero-order valence-corrected chi connectivity index (χ0v) is 8.88. The molecule has 13 heavy (non-hydrogen) atoms. The summed E-state index contributed by atoms with van der Waals surface area (Å²) in [5, 5.41) is 8.49. The molecule has 0 amide bonds. The average Bonchev–Trinajstić information content (AvgIpc) is 2.07. The maximum Gasteiger partial charge on any atom is 0.0635 e. The standard InChI is InChI=1S/C10H19N3/c1-10(2)9-13(6-4-5-11)8-7-12(10)3/h4,6-9H2,1-3H3. The highest BCUT2D eigenvalue weighted by Gasteiger charge is 2.30. The Hall–Kier alpha value is -0.590. The van der Waals surface area contributed by atoms with E-state index in [1.165, 1.54) is 0 Å². The molecule has 0 aromatic carbocycles. The van der Waals surface area contributed by atoms with Gasteiger partial charge in [-0.05, 0) is 20.9 Å². The van der Waals surface area contributed by atoms with Crippen molar-refractivity contribution < 1.29 is 0 Å². The predicted molar refractivity (Wildman–Crippen MR) is 53.4 cm³/mol. The molecule has 3 heteroatoms. The van der Waals surface area contributed by atoms with Crippen molar-refractivity contribution in [2.24, 2.45) is 0 Å². The van der Waals surface area contributed by atoms with Gasteiger partial charge in [0.05, 0.1) is 6.07 Å². The number of rotatable bonds is 2. The fourth-order valence-electron chi connectivity index (χ4n) is 1.74. The molecule has 1 aliphatic heterocycles. The van der Waals surface area contributed by atoms with Crippen molar-refractivity contribution in [1.82, 2.24) is 9.80 Å². The van der Waals surface area contributed by atoms with Gasteiger partial charge in [0.25, 0.3) is 0 Å². The van der Waals surface area contributed by atoms with E-state index in [-0.39, 0.29) is 5.54 Å². The molecule has 0 radical (unpaired) electrons. The first-order valence-corrected chi connectivity index (χ1v) is 4.87. The Morgan fingerprint density at radius 3 is 2.62 bits per heavy atom. The summed E-state index contributed by atoms with van der Waals surface area (Å²) in [5.41, 5.74) is 0.258. The van der Waals surface area contributed by atoms with E-state index in [1.54, 1.807) is 0 Å². The second kappa shape index (κ2) is 4.08. The first kappa shape index (κ1) is 10.5. The van der Waals surface area contributed by atoms with Gasteiger partial charge in [0.2, 0.25) is 0 Å². The van der Waals surface area contributed by atoms with Crippen LogP contribution in [0.15, 0.2) is 0 Å². The van der Waals surface area contributed by atoms with E-state index >= 15 is 0 Å². The van der Waals surface area contributed by atoms with Gasteiger partial charge in [-0.25, -0.2) is 0 Å². The fourth-order valence-corrected chi connectivity index (χ4v) is 1.74. The third kappa shape index (κ3) is 2.68. The summed E-state index contributed by atoms with van der Waals surface area (Å²) in [6.07, 6.45) is 0.653. The highest BCUT2D eigenvalue weighted by molar-refractivity contribution is 4.89. The molecule has 1 saturated heterocycles. The van der Waals surface area contributed by atoms with Crippen molar-refractivity contribution in [2.45, 2.75) is 25.8 Å². The Kier molecular flexibility index (Phi) is 3.29. The molecule has 1 fully saturated rings. The summed E-state index contributed by atoms with van der Waals surface area (Å²) in [5.74, 6) is 0. The molecule has 0 saturated carbocycles. The second-order valence-electron chi connectivity index (χ2n) is 4.42. The average molecular weight is 181 g/mol. The molecule has 0 spiro atoms. The minimum atomic E-state index is 0.258. The monoisotopic (exact) mass is 181 g/mol. The molecule has 0 bridgehead atoms. The van der Waals surface area contributed by atoms with Gasteiger partial charge in [0.15, 0.2) is 0 Å². The van der Waals surface area contributed by atoms with Crippen LogP contribution in [0.1, 0.15) is 20.3 Å². The zero-order chi connectivity index (χ0) is 9.90. The lowest BCUT2D eigenvalue weighted by molar-refractivity contribution is 0.0413. The van der Waals surface area contributed by atoms with Gasteiger partial charge in [-0.15, -0.1) is 0 Å². The second-order valence-corrected chi connectivity index (χ2v) is 4.42. The van der Waals surface area contributed by atoms with E-state index in [1.807, 2.05) is 0 Å². The van der Waals surface area contributed by atoms with E-state index in [0.29, 0.717) is 6.42 Å². The Bertz CT molecular complexity index is 205. The van der Waals surface area contributed by atoms with Crippen LogP contribution >= 0.6 is 0 Å². The van der Waals surface area contributed by atoms with Gasteiger partial charge < -0.3 is 0 Å². The van der Waals surface area contributed by atoms with Crippen LogP contribution in [0.25, 0.3) is 0 Å². The highest BCUT2D eigenvalue weighted by atomic mass is 15.3. The number of piperazine rings is 1. The zero-order valence-electron chi connectivity index (χ0n) is 8.88. The normalized spacial score (nSPS) is 24.2. The molecule has 0 aliphatic carbocycles. The first-order valence-electron chi connectivity index (χ1n) is 4.87. The van der Waals surface area contributed by atoms with Gasteiger partial charge in [0.1, 0.15) is 0 Å². The van der Waals surface area contributed by atoms with Gasteiger partial charge in [-0.1, -0.05) is 0 Å². The van der Waals surface area contributed by atoms with Gasteiger partial charge in [-0.3, -0.25) is 9.80 Å². The maximum atomic E-state index is 8.49. The molecule has 1 heterocycles. The summed E-state index contributed by atoms with van der Waals surface area (Å²) in [4.78, 5) is 4.76. The van der Waals surface area contributed by atoms with E-state index in [4.69, 9.17) is 5.26 Å². The van der Waals surface area contributed by atoms with Crippen LogP contribution < -0.4 is 0 Å². The van der Waals surface area contributed by atoms with E-state index in [2.05, 4.69) is 36.8 Å². The van der Waals surface area contributed by atoms with Crippen LogP contribution in [-0.4, -0.2) is 48.6 Å². The fraction of sp³-hybridized carbons (Fsp3) is 0.900. The van der Waals surface area contributed by atoms with Crippen molar-refractivity contribution in [3.8, 4) is 6.07 Å². The molecule has 0 N–H and O–H groups in total. The Morgan fingerprint density at radius 1 is 1.38 bits per heavy atom. The van der Waals surface area contributed by atoms with Crippen molar-refractivity contribution in [3.63, 3.8) is 0 Å². The lowest BCUT2D eigenvalue weighted by Gasteiger charge is -2.45. The number of nitrogens with zero attached hydrogens (tertiary/aromatic N) is 3. The van der Waals surface area contributed by atoms with Crippen molar-refractivity contribution in [3.05, 3.63) is 0 Å². The third-order valence-corrected chi connectivity index (χ3v) is 2.94. The smallest absolute Gasteiger partial charge is 0.0635 e. The van der Waals surface area contributed by atoms with Crippen molar-refractivity contribution in [1.29, 1.82) is 5.26 Å². The molecule has 0 atom stereocenters. The van der Waals surface area contributed by atoms with Crippen LogP contribution in [-0.2, 0) is 0 Å². The third-order valence-electron chi connectivity index (χ3n) is 2.94. The minimum Gasteiger partial charge on any atom is -0.299 e. The summed E-state index contributed by atoms with van der Waals surface area (Å²) in [6.45, 7) is 8.72. The Morgan fingerprint density at radius 2 is 2.08 bits per heavy atom. The van der Waals surface area contributed by atoms with Crippen LogP contribution in [0.5, 0.6) is 0 Å². The molecule has 74 valence electrons. The predicted octanol–water partition coefficient (Wildman–Crippen LogP) is 0.926. The SMILES string of the molecule is CN1CCN(CCC#N)CC1(C)C. The lowest BCUT2D eigenvalue weighted by atomic mass is 10.00. The Labute approximate surface area is 80.9 Å². The summed E-state index contributed by atoms with van der Waals surface area (Å²) in [7, 11) is 2.17. The van der Waals surface area contributed by atoms with Crippen LogP contribution in [0, 0.1) is 11.3 Å². The minimum absolute atomic E-state index is 0.258. The number of likely N-dealkylation sites (N-methyl/N-ethyl adjacent to an activating group) is 1. The Balaban J connectivity index is 2.42. The van der Waals surface area contributed by atoms with Crippen molar-refractivity contribution in [2.75, 3.05) is 33.2 Å². The number of hydrogen-bond donors (Lipinski definition) is 0. The number of hydrogen-bond acceptors (Lipinski definition) is 3. The first-order chi connectivity index (χ1) is 6.06. The molecular formula is C10H19N3. The van der Waals surface area contributed by atoms with Gasteiger partial charge in [0, 0.05) is 38.1 Å². The quantitative estimate of drug-likeness (QED) is 0.635.